The fourth-order valence-corrected chi connectivity index (χ4v) is 3.36. The number of methoxy groups -OCH3 is 1. The minimum atomic E-state index is -0.185. The number of hydrogen-bond donors (Lipinski definition) is 0. The topological polar surface area (TPSA) is 27.7 Å². The first-order valence-electron chi connectivity index (χ1n) is 7.90. The molecule has 0 radical (unpaired) electrons. The second-order valence-corrected chi connectivity index (χ2v) is 6.53. The van der Waals surface area contributed by atoms with Gasteiger partial charge in [-0.2, -0.15) is 0 Å². The maximum absolute atomic E-state index is 5.69. The van der Waals surface area contributed by atoms with Gasteiger partial charge in [0.05, 0.1) is 12.2 Å². The predicted molar refractivity (Wildman–Crippen MR) is 94.7 cm³/mol. The Labute approximate surface area is 141 Å². The Bertz CT molecular complexity index is 662. The molecule has 0 aromatic heterocycles. The van der Waals surface area contributed by atoms with Crippen LogP contribution in [0.15, 0.2) is 59.5 Å². The number of ether oxygens (including phenoxy) is 2. The number of benzene rings is 2. The first-order valence-corrected chi connectivity index (χ1v) is 8.64. The maximum atomic E-state index is 5.69. The van der Waals surface area contributed by atoms with Crippen LogP contribution in [0.1, 0.15) is 12.8 Å². The minimum Gasteiger partial charge on any atom is -0.381 e. The van der Waals surface area contributed by atoms with Crippen molar-refractivity contribution in [2.45, 2.75) is 23.3 Å². The number of fused-ring (bicyclic) bond motifs is 1. The second-order valence-electron chi connectivity index (χ2n) is 5.66. The average Bonchev–Trinajstić information content (AvgIpc) is 2.62. The van der Waals surface area contributed by atoms with Crippen molar-refractivity contribution >= 4 is 22.8 Å². The monoisotopic (exact) mass is 330 g/mol. The molecular weight excluding hydrogens is 308 g/mol. The molecule has 0 spiro atoms. The van der Waals surface area contributed by atoms with Gasteiger partial charge in [0, 0.05) is 50.1 Å². The van der Waals surface area contributed by atoms with Crippen molar-refractivity contribution in [3.8, 4) is 0 Å². The van der Waals surface area contributed by atoms with Crippen LogP contribution in [0.5, 0.6) is 0 Å². The summed E-state index contributed by atoms with van der Waals surface area (Å²) in [5.74, 6) is 0. The Hall–Kier alpha value is -1.33. The lowest BCUT2D eigenvalue weighted by atomic mass is 9.93. The van der Waals surface area contributed by atoms with Crippen LogP contribution in [-0.4, -0.2) is 32.5 Å². The van der Waals surface area contributed by atoms with Gasteiger partial charge in [0.25, 0.3) is 0 Å². The molecule has 0 atom stereocenters. The van der Waals surface area contributed by atoms with Gasteiger partial charge in [-0.05, 0) is 22.9 Å². The normalized spacial score (nSPS) is 17.8. The van der Waals surface area contributed by atoms with E-state index >= 15 is 0 Å². The van der Waals surface area contributed by atoms with Gasteiger partial charge in [-0.15, -0.1) is 0 Å². The Morgan fingerprint density at radius 1 is 1.13 bits per heavy atom. The largest absolute Gasteiger partial charge is 0.381 e. The molecule has 0 amide bonds. The van der Waals surface area contributed by atoms with Crippen LogP contribution in [0.2, 0.25) is 0 Å². The van der Waals surface area contributed by atoms with Gasteiger partial charge >= 0.3 is 0 Å². The molecule has 2 aromatic rings. The highest BCUT2D eigenvalue weighted by Gasteiger charge is 2.29. The Kier molecular flexibility index (Phi) is 5.73. The summed E-state index contributed by atoms with van der Waals surface area (Å²) in [6.45, 7) is 2.07. The first-order chi connectivity index (χ1) is 11.3. The molecule has 1 aliphatic rings. The highest BCUT2D eigenvalue weighted by atomic mass is 32.2. The van der Waals surface area contributed by atoms with Crippen LogP contribution in [0.3, 0.4) is 0 Å². The lowest BCUT2D eigenvalue weighted by molar-refractivity contribution is -0.0587. The zero-order valence-corrected chi connectivity index (χ0v) is 14.2. The fourth-order valence-electron chi connectivity index (χ4n) is 2.78. The lowest BCUT2D eigenvalue weighted by Crippen LogP contribution is -2.36. The molecule has 122 valence electrons. The van der Waals surface area contributed by atoms with Gasteiger partial charge in [0.15, 0.2) is 0 Å². The summed E-state index contributed by atoms with van der Waals surface area (Å²) in [4.78, 5) is 1.12. The van der Waals surface area contributed by atoms with Crippen LogP contribution in [0, 0.1) is 0 Å². The maximum Gasteiger partial charge on any atom is 0.0903 e. The van der Waals surface area contributed by atoms with E-state index in [1.165, 1.54) is 22.8 Å². The Balaban J connectivity index is 1.51. The van der Waals surface area contributed by atoms with E-state index in [2.05, 4.69) is 48.5 Å². The van der Waals surface area contributed by atoms with E-state index in [9.17, 15) is 0 Å². The van der Waals surface area contributed by atoms with Crippen LogP contribution < -0.4 is 0 Å². The van der Waals surface area contributed by atoms with E-state index in [4.69, 9.17) is 13.7 Å². The summed E-state index contributed by atoms with van der Waals surface area (Å²) < 4.78 is 16.8. The molecule has 1 saturated heterocycles. The smallest absolute Gasteiger partial charge is 0.0903 e. The SMILES string of the molecule is COC1(C=CCOSc2ccc3ccccc3c2)CCOCC1. The van der Waals surface area contributed by atoms with Gasteiger partial charge in [0.2, 0.25) is 0 Å². The number of rotatable bonds is 6. The van der Waals surface area contributed by atoms with E-state index in [0.717, 1.165) is 31.0 Å². The van der Waals surface area contributed by atoms with Crippen LogP contribution >= 0.6 is 12.0 Å². The molecule has 1 fully saturated rings. The molecule has 0 bridgehead atoms. The summed E-state index contributed by atoms with van der Waals surface area (Å²) in [6.07, 6.45) is 5.97. The Morgan fingerprint density at radius 3 is 2.70 bits per heavy atom. The molecular formula is C19H22O3S. The summed E-state index contributed by atoms with van der Waals surface area (Å²) in [5.41, 5.74) is -0.185. The summed E-state index contributed by atoms with van der Waals surface area (Å²) in [7, 11) is 1.76. The molecule has 1 aliphatic heterocycles. The molecule has 0 saturated carbocycles. The molecule has 0 unspecified atom stereocenters. The molecule has 1 heterocycles. The van der Waals surface area contributed by atoms with E-state index < -0.39 is 0 Å². The molecule has 0 N–H and O–H groups in total. The van der Waals surface area contributed by atoms with Crippen molar-refractivity contribution in [3.63, 3.8) is 0 Å². The fraction of sp³-hybridized carbons (Fsp3) is 0.368. The Morgan fingerprint density at radius 2 is 1.91 bits per heavy atom. The third kappa shape index (κ3) is 4.36. The zero-order chi connectivity index (χ0) is 16.0. The molecule has 23 heavy (non-hydrogen) atoms. The van der Waals surface area contributed by atoms with Gasteiger partial charge in [-0.3, -0.25) is 0 Å². The molecule has 4 heteroatoms. The van der Waals surface area contributed by atoms with Gasteiger partial charge < -0.3 is 13.7 Å². The van der Waals surface area contributed by atoms with Crippen molar-refractivity contribution in [1.29, 1.82) is 0 Å². The molecule has 3 nitrogen and oxygen atoms in total. The molecule has 3 rings (SSSR count). The van der Waals surface area contributed by atoms with Crippen molar-refractivity contribution in [2.75, 3.05) is 26.9 Å². The third-order valence-electron chi connectivity index (χ3n) is 4.21. The van der Waals surface area contributed by atoms with E-state index in [1.807, 2.05) is 6.08 Å². The average molecular weight is 330 g/mol. The molecule has 2 aromatic carbocycles. The van der Waals surface area contributed by atoms with Gasteiger partial charge in [0.1, 0.15) is 0 Å². The predicted octanol–water partition coefficient (Wildman–Crippen LogP) is 4.62. The summed E-state index contributed by atoms with van der Waals surface area (Å²) in [5, 5.41) is 2.48. The van der Waals surface area contributed by atoms with Crippen molar-refractivity contribution in [3.05, 3.63) is 54.6 Å². The first kappa shape index (κ1) is 16.5. The van der Waals surface area contributed by atoms with E-state index in [-0.39, 0.29) is 5.60 Å². The van der Waals surface area contributed by atoms with E-state index in [0.29, 0.717) is 6.61 Å². The summed E-state index contributed by atoms with van der Waals surface area (Å²) >= 11 is 1.41. The zero-order valence-electron chi connectivity index (χ0n) is 13.4. The quantitative estimate of drug-likeness (QED) is 0.439. The van der Waals surface area contributed by atoms with Gasteiger partial charge in [-0.25, -0.2) is 0 Å². The molecule has 0 aliphatic carbocycles. The van der Waals surface area contributed by atoms with Crippen molar-refractivity contribution in [2.24, 2.45) is 0 Å². The lowest BCUT2D eigenvalue weighted by Gasteiger charge is -2.33. The van der Waals surface area contributed by atoms with Crippen LogP contribution in [-0.2, 0) is 13.7 Å². The summed E-state index contributed by atoms with van der Waals surface area (Å²) in [6, 6.07) is 14.7. The van der Waals surface area contributed by atoms with Crippen LogP contribution in [0.25, 0.3) is 10.8 Å². The third-order valence-corrected chi connectivity index (χ3v) is 4.91. The highest BCUT2D eigenvalue weighted by Crippen LogP contribution is 2.27. The van der Waals surface area contributed by atoms with Crippen molar-refractivity contribution < 1.29 is 13.7 Å². The number of hydrogen-bond acceptors (Lipinski definition) is 4. The standard InChI is InChI=1S/C19H22O3S/c1-20-19(10-13-21-14-11-19)9-4-12-22-23-18-8-7-16-5-2-3-6-17(16)15-18/h2-9,15H,10-14H2,1H3. The highest BCUT2D eigenvalue weighted by molar-refractivity contribution is 7.94. The van der Waals surface area contributed by atoms with Gasteiger partial charge in [-0.1, -0.05) is 42.5 Å². The second kappa shape index (κ2) is 7.97. The minimum absolute atomic E-state index is 0.185. The van der Waals surface area contributed by atoms with E-state index in [1.54, 1.807) is 7.11 Å². The van der Waals surface area contributed by atoms with Crippen molar-refractivity contribution in [1.82, 2.24) is 0 Å². The van der Waals surface area contributed by atoms with Crippen LogP contribution in [0.4, 0.5) is 0 Å².